The van der Waals surface area contributed by atoms with Crippen molar-refractivity contribution in [2.75, 3.05) is 18.1 Å². The molecule has 230 valence electrons. The first kappa shape index (κ1) is 28.4. The highest BCUT2D eigenvalue weighted by Gasteiger charge is 2.52. The van der Waals surface area contributed by atoms with Crippen molar-refractivity contribution in [3.63, 3.8) is 0 Å². The molecular weight excluding hydrogens is 599 g/mol. The third kappa shape index (κ3) is 4.91. The zero-order valence-corrected chi connectivity index (χ0v) is 22.9. The van der Waals surface area contributed by atoms with E-state index >= 15 is 8.78 Å². The van der Waals surface area contributed by atoms with Crippen LogP contribution in [0.15, 0.2) is 29.7 Å². The first-order valence-electron chi connectivity index (χ1n) is 13.2. The molecule has 0 aliphatic carbocycles. The zero-order chi connectivity index (χ0) is 30.0. The molecule has 0 amide bonds. The normalized spacial score (nSPS) is 35.4. The molecule has 3 aliphatic rings. The summed E-state index contributed by atoms with van der Waals surface area (Å²) in [6.07, 6.45) is -7.87. The fourth-order valence-electron chi connectivity index (χ4n) is 5.70. The van der Waals surface area contributed by atoms with Crippen LogP contribution < -0.4 is 17.0 Å². The number of alkyl halides is 2. The van der Waals surface area contributed by atoms with E-state index in [4.69, 9.17) is 34.7 Å². The minimum Gasteiger partial charge on any atom is -0.383 e. The maximum absolute atomic E-state index is 15.9. The second-order valence-electron chi connectivity index (χ2n) is 10.3. The Labute approximate surface area is 240 Å². The summed E-state index contributed by atoms with van der Waals surface area (Å²) in [6, 6.07) is 1.65. The molecule has 3 saturated heterocycles. The van der Waals surface area contributed by atoms with Crippen LogP contribution in [-0.2, 0) is 23.3 Å². The number of nitrogen functional groups attached to an aromatic ring is 2. The number of hydrogen-bond acceptors (Lipinski definition) is 14. The molecule has 4 aromatic heterocycles. The number of imidazole rings is 1. The van der Waals surface area contributed by atoms with Crippen molar-refractivity contribution in [1.82, 2.24) is 34.1 Å². The average Bonchev–Trinajstić information content (AvgIpc) is 3.72. The van der Waals surface area contributed by atoms with E-state index in [9.17, 15) is 14.8 Å². The van der Waals surface area contributed by atoms with Crippen LogP contribution in [0.1, 0.15) is 25.3 Å². The Morgan fingerprint density at radius 2 is 1.88 bits per heavy atom. The molecule has 20 heteroatoms. The first-order chi connectivity index (χ1) is 20.7. The number of rotatable bonds is 2. The Morgan fingerprint density at radius 3 is 2.72 bits per heavy atom. The number of anilines is 2. The molecule has 3 aliphatic heterocycles. The molecule has 7 heterocycles. The Morgan fingerprint density at radius 1 is 1.05 bits per heavy atom. The Bertz CT molecular complexity index is 1710. The van der Waals surface area contributed by atoms with Gasteiger partial charge in [-0.25, -0.2) is 23.7 Å². The summed E-state index contributed by atoms with van der Waals surface area (Å²) in [6.45, 7) is -0.322. The summed E-state index contributed by atoms with van der Waals surface area (Å²) < 4.78 is 62.6. The van der Waals surface area contributed by atoms with Crippen LogP contribution in [0, 0.1) is 5.92 Å². The lowest BCUT2D eigenvalue weighted by Gasteiger charge is -2.24. The highest BCUT2D eigenvalue weighted by atomic mass is 31.2. The maximum Gasteiger partial charge on any atom is 0.330 e. The monoisotopic (exact) mass is 625 g/mol. The lowest BCUT2D eigenvalue weighted by molar-refractivity contribution is -0.243. The number of fused-ring (bicyclic) bond motifs is 5. The number of aliphatic hydroxyl groups excluding tert-OH is 1. The van der Waals surface area contributed by atoms with Crippen molar-refractivity contribution < 1.29 is 42.0 Å². The van der Waals surface area contributed by atoms with Gasteiger partial charge in [-0.1, -0.05) is 0 Å². The summed E-state index contributed by atoms with van der Waals surface area (Å²) in [5.74, 6) is -0.811. The molecule has 4 aromatic rings. The molecule has 2 bridgehead atoms. The van der Waals surface area contributed by atoms with Gasteiger partial charge in [0.25, 0.3) is 5.56 Å². The fraction of sp³-hybridized carbons (Fsp3) is 0.522. The van der Waals surface area contributed by atoms with Gasteiger partial charge < -0.3 is 49.3 Å². The lowest BCUT2D eigenvalue weighted by Crippen LogP contribution is -2.33. The van der Waals surface area contributed by atoms with Crippen LogP contribution in [-0.4, -0.2) is 87.8 Å². The van der Waals surface area contributed by atoms with E-state index in [1.54, 1.807) is 12.3 Å². The number of nitrogens with one attached hydrogen (secondary N) is 1. The fourth-order valence-corrected chi connectivity index (χ4v) is 6.46. The molecule has 0 saturated carbocycles. The molecule has 3 unspecified atom stereocenters. The number of nitrogens with zero attached hydrogens (tertiary/aromatic N) is 6. The van der Waals surface area contributed by atoms with Gasteiger partial charge in [-0.3, -0.25) is 14.3 Å². The SMILES string of the molecule is Nc1nc2c(ncn2[C@@H]2OC3OC(O)CC[C@H]4[C@H](F)[C@H](n5ccc6c(N)ncnc65)O[C@@H]4COP(O)O[C@@H]2[C@@H]3F)c(=O)[nH]1. The summed E-state index contributed by atoms with van der Waals surface area (Å²) >= 11 is 0. The quantitative estimate of drug-likeness (QED) is 0.191. The first-order valence-corrected chi connectivity index (χ1v) is 14.3. The van der Waals surface area contributed by atoms with Crippen molar-refractivity contribution in [3.05, 3.63) is 35.3 Å². The lowest BCUT2D eigenvalue weighted by atomic mass is 9.93. The molecule has 0 radical (unpaired) electrons. The van der Waals surface area contributed by atoms with Gasteiger partial charge in [-0.05, 0) is 18.9 Å². The third-order valence-corrected chi connectivity index (χ3v) is 8.53. The summed E-state index contributed by atoms with van der Waals surface area (Å²) in [5, 5.41) is 11.2. The van der Waals surface area contributed by atoms with Crippen LogP contribution >= 0.6 is 8.60 Å². The number of aromatic nitrogens is 7. The Hall–Kier alpha value is -3.42. The van der Waals surface area contributed by atoms with Gasteiger partial charge in [0, 0.05) is 12.1 Å². The summed E-state index contributed by atoms with van der Waals surface area (Å²) in [7, 11) is -2.77. The van der Waals surface area contributed by atoms with E-state index in [1.165, 1.54) is 21.8 Å². The third-order valence-electron chi connectivity index (χ3n) is 7.74. The van der Waals surface area contributed by atoms with Crippen LogP contribution in [0.3, 0.4) is 0 Å². The zero-order valence-electron chi connectivity index (χ0n) is 22.0. The van der Waals surface area contributed by atoms with Crippen molar-refractivity contribution in [2.24, 2.45) is 5.92 Å². The van der Waals surface area contributed by atoms with Gasteiger partial charge in [0.15, 0.2) is 48.5 Å². The molecular formula is C23H26F2N9O8P. The molecule has 17 nitrogen and oxygen atoms in total. The van der Waals surface area contributed by atoms with Gasteiger partial charge in [-0.2, -0.15) is 4.98 Å². The van der Waals surface area contributed by atoms with Crippen LogP contribution in [0.5, 0.6) is 0 Å². The van der Waals surface area contributed by atoms with E-state index in [2.05, 4.69) is 24.9 Å². The van der Waals surface area contributed by atoms with Crippen molar-refractivity contribution in [3.8, 4) is 0 Å². The largest absolute Gasteiger partial charge is 0.383 e. The average molecular weight is 625 g/mol. The maximum atomic E-state index is 15.9. The van der Waals surface area contributed by atoms with E-state index < -0.39 is 69.7 Å². The minimum atomic E-state index is -2.77. The van der Waals surface area contributed by atoms with Gasteiger partial charge in [0.2, 0.25) is 5.95 Å². The van der Waals surface area contributed by atoms with Gasteiger partial charge >= 0.3 is 8.60 Å². The van der Waals surface area contributed by atoms with Crippen molar-refractivity contribution in [1.29, 1.82) is 0 Å². The highest BCUT2D eigenvalue weighted by molar-refractivity contribution is 7.40. The molecule has 43 heavy (non-hydrogen) atoms. The molecule has 0 spiro atoms. The van der Waals surface area contributed by atoms with Crippen molar-refractivity contribution >= 4 is 42.6 Å². The smallest absolute Gasteiger partial charge is 0.330 e. The number of aliphatic hydroxyl groups is 1. The summed E-state index contributed by atoms with van der Waals surface area (Å²) in [4.78, 5) is 41.4. The molecule has 7 rings (SSSR count). The second-order valence-corrected chi connectivity index (χ2v) is 11.2. The van der Waals surface area contributed by atoms with Gasteiger partial charge in [0.05, 0.1) is 24.4 Å². The Kier molecular flexibility index (Phi) is 7.21. The molecule has 10 atom stereocenters. The van der Waals surface area contributed by atoms with Crippen LogP contribution in [0.2, 0.25) is 0 Å². The van der Waals surface area contributed by atoms with E-state index in [-0.39, 0.29) is 42.4 Å². The number of aromatic amines is 1. The molecule has 3 fully saturated rings. The number of nitrogens with two attached hydrogens (primary N) is 2. The predicted molar refractivity (Wildman–Crippen MR) is 142 cm³/mol. The van der Waals surface area contributed by atoms with Crippen LogP contribution in [0.4, 0.5) is 20.5 Å². The van der Waals surface area contributed by atoms with Crippen LogP contribution in [0.25, 0.3) is 22.2 Å². The molecule has 0 aromatic carbocycles. The highest BCUT2D eigenvalue weighted by Crippen LogP contribution is 2.47. The van der Waals surface area contributed by atoms with Crippen molar-refractivity contribution in [2.45, 2.75) is 62.4 Å². The van der Waals surface area contributed by atoms with Gasteiger partial charge in [-0.15, -0.1) is 0 Å². The topological polar surface area (TPSA) is 233 Å². The number of halogens is 2. The summed E-state index contributed by atoms with van der Waals surface area (Å²) in [5.41, 5.74) is 11.2. The molecule has 7 N–H and O–H groups in total. The number of hydrogen-bond donors (Lipinski definition) is 5. The minimum absolute atomic E-state index is 0.0376. The second kappa shape index (κ2) is 10.9. The Balaban J connectivity index is 1.15. The number of H-pyrrole nitrogens is 1. The number of ether oxygens (including phenoxy) is 3. The standard InChI is InChI=1S/C23H26F2N9O8P/c24-12-8-1-2-11(35)40-22-13(25)15(21(41-22)34-7-30-14-18(34)31-23(27)32-19(14)36)42-43(37)38-5-10(8)39-20(12)33-4-3-9-16(26)28-6-29-17(9)33/h3-4,6-8,10-13,15,20-22,35,37H,1-2,5H2,(H2,26,28,29)(H3,27,31,32,36)/t8-,10-,11?,12+,13+,15-,20-,21-,22?,43?/m1/s1. The van der Waals surface area contributed by atoms with E-state index in [0.29, 0.717) is 11.0 Å². The van der Waals surface area contributed by atoms with Gasteiger partial charge in [0.1, 0.15) is 23.9 Å². The van der Waals surface area contributed by atoms with E-state index in [1.807, 2.05) is 0 Å². The predicted octanol–water partition coefficient (Wildman–Crippen LogP) is 0.523. The van der Waals surface area contributed by atoms with E-state index in [0.717, 1.165) is 0 Å².